The van der Waals surface area contributed by atoms with E-state index in [1.165, 1.54) is 23.9 Å². The van der Waals surface area contributed by atoms with Crippen molar-refractivity contribution in [2.75, 3.05) is 5.32 Å². The third-order valence-electron chi connectivity index (χ3n) is 2.75. The zero-order chi connectivity index (χ0) is 15.2. The van der Waals surface area contributed by atoms with Crippen molar-refractivity contribution in [1.82, 2.24) is 0 Å². The molecule has 0 aromatic heterocycles. The highest BCUT2D eigenvalue weighted by molar-refractivity contribution is 8.00. The number of benzene rings is 2. The van der Waals surface area contributed by atoms with Gasteiger partial charge in [0.2, 0.25) is 5.91 Å². The fourth-order valence-electron chi connectivity index (χ4n) is 1.70. The van der Waals surface area contributed by atoms with Crippen LogP contribution in [-0.2, 0) is 4.79 Å². The summed E-state index contributed by atoms with van der Waals surface area (Å²) in [7, 11) is 0. The first-order valence-electron chi connectivity index (χ1n) is 6.33. The second-order valence-electron chi connectivity index (χ2n) is 4.37. The summed E-state index contributed by atoms with van der Waals surface area (Å²) in [5, 5.41) is 13.1. The lowest BCUT2D eigenvalue weighted by atomic mass is 10.2. The molecule has 0 saturated carbocycles. The van der Waals surface area contributed by atoms with Gasteiger partial charge in [0.15, 0.2) is 0 Å². The fourth-order valence-corrected chi connectivity index (χ4v) is 2.59. The number of carbonyl (C=O) groups excluding carboxylic acids is 1. The molecule has 0 aliphatic rings. The summed E-state index contributed by atoms with van der Waals surface area (Å²) in [5.41, 5.74) is 0.380. The van der Waals surface area contributed by atoms with E-state index in [2.05, 4.69) is 5.32 Å². The maximum atomic E-state index is 12.1. The zero-order valence-electron chi connectivity index (χ0n) is 11.4. The van der Waals surface area contributed by atoms with Gasteiger partial charge in [-0.25, -0.2) is 0 Å². The lowest BCUT2D eigenvalue weighted by Crippen LogP contribution is -2.22. The number of anilines is 1. The number of nitro benzene ring substituents is 1. The van der Waals surface area contributed by atoms with Crippen molar-refractivity contribution in [2.45, 2.75) is 17.1 Å². The van der Waals surface area contributed by atoms with Crippen LogP contribution in [-0.4, -0.2) is 16.1 Å². The van der Waals surface area contributed by atoms with Crippen molar-refractivity contribution in [1.29, 1.82) is 0 Å². The molecule has 21 heavy (non-hydrogen) atoms. The minimum atomic E-state index is -0.488. The molecule has 0 fully saturated rings. The molecule has 2 aromatic carbocycles. The third-order valence-corrected chi connectivity index (χ3v) is 3.86. The highest BCUT2D eigenvalue weighted by Crippen LogP contribution is 2.24. The van der Waals surface area contributed by atoms with Crippen LogP contribution in [0.5, 0.6) is 0 Å². The van der Waals surface area contributed by atoms with Crippen molar-refractivity contribution in [2.24, 2.45) is 0 Å². The van der Waals surface area contributed by atoms with Crippen LogP contribution >= 0.6 is 11.8 Å². The van der Waals surface area contributed by atoms with E-state index in [0.717, 1.165) is 4.90 Å². The molecule has 6 heteroatoms. The number of non-ortho nitro benzene ring substituents is 1. The molecule has 1 N–H and O–H groups in total. The van der Waals surface area contributed by atoms with Gasteiger partial charge in [0, 0.05) is 22.7 Å². The number of amides is 1. The van der Waals surface area contributed by atoms with Gasteiger partial charge in [-0.05, 0) is 25.1 Å². The number of thioether (sulfide) groups is 1. The van der Waals surface area contributed by atoms with E-state index >= 15 is 0 Å². The van der Waals surface area contributed by atoms with Gasteiger partial charge in [-0.15, -0.1) is 11.8 Å². The fraction of sp³-hybridized carbons (Fsp3) is 0.133. The van der Waals surface area contributed by atoms with E-state index in [0.29, 0.717) is 5.69 Å². The van der Waals surface area contributed by atoms with Crippen molar-refractivity contribution >= 4 is 29.0 Å². The summed E-state index contributed by atoms with van der Waals surface area (Å²) in [6.45, 7) is 1.80. The lowest BCUT2D eigenvalue weighted by molar-refractivity contribution is -0.384. The Labute approximate surface area is 126 Å². The minimum absolute atomic E-state index is 0.0452. The van der Waals surface area contributed by atoms with Crippen LogP contribution in [0.15, 0.2) is 59.5 Å². The number of hydrogen-bond acceptors (Lipinski definition) is 4. The van der Waals surface area contributed by atoms with Gasteiger partial charge in [0.05, 0.1) is 10.2 Å². The Balaban J connectivity index is 2.00. The first-order chi connectivity index (χ1) is 10.1. The molecule has 1 atom stereocenters. The van der Waals surface area contributed by atoms with E-state index in [1.54, 1.807) is 19.1 Å². The molecule has 0 aliphatic heterocycles. The quantitative estimate of drug-likeness (QED) is 0.519. The highest BCUT2D eigenvalue weighted by atomic mass is 32.2. The Morgan fingerprint density at radius 2 is 1.90 bits per heavy atom. The van der Waals surface area contributed by atoms with E-state index in [-0.39, 0.29) is 16.8 Å². The van der Waals surface area contributed by atoms with E-state index in [4.69, 9.17) is 0 Å². The maximum Gasteiger partial charge on any atom is 0.271 e. The highest BCUT2D eigenvalue weighted by Gasteiger charge is 2.15. The Morgan fingerprint density at radius 3 is 2.57 bits per heavy atom. The molecule has 2 rings (SSSR count). The normalized spacial score (nSPS) is 11.7. The van der Waals surface area contributed by atoms with Crippen LogP contribution in [0, 0.1) is 10.1 Å². The van der Waals surface area contributed by atoms with Crippen LogP contribution in [0.3, 0.4) is 0 Å². The summed E-state index contributed by atoms with van der Waals surface area (Å²) in [4.78, 5) is 23.3. The molecule has 108 valence electrons. The molecule has 0 radical (unpaired) electrons. The summed E-state index contributed by atoms with van der Waals surface area (Å²) >= 11 is 1.44. The van der Waals surface area contributed by atoms with E-state index < -0.39 is 4.92 Å². The number of nitro groups is 1. The number of carbonyl (C=O) groups is 1. The SMILES string of the molecule is C[C@H](Sc1ccccc1)C(=O)Nc1cccc([N+](=O)[O-])c1. The van der Waals surface area contributed by atoms with Crippen LogP contribution in [0.1, 0.15) is 6.92 Å². The largest absolute Gasteiger partial charge is 0.325 e. The average molecular weight is 302 g/mol. The van der Waals surface area contributed by atoms with Gasteiger partial charge in [-0.1, -0.05) is 24.3 Å². The van der Waals surface area contributed by atoms with Crippen molar-refractivity contribution in [3.05, 3.63) is 64.7 Å². The smallest absolute Gasteiger partial charge is 0.271 e. The average Bonchev–Trinajstić information content (AvgIpc) is 2.48. The van der Waals surface area contributed by atoms with Crippen LogP contribution in [0.2, 0.25) is 0 Å². The molecule has 0 spiro atoms. The third kappa shape index (κ3) is 4.32. The molecule has 1 amide bonds. The minimum Gasteiger partial charge on any atom is -0.325 e. The molecule has 0 unspecified atom stereocenters. The second-order valence-corrected chi connectivity index (χ2v) is 5.78. The number of nitrogens with zero attached hydrogens (tertiary/aromatic N) is 1. The van der Waals surface area contributed by atoms with Crippen molar-refractivity contribution in [3.8, 4) is 0 Å². The molecule has 5 nitrogen and oxygen atoms in total. The van der Waals surface area contributed by atoms with Gasteiger partial charge in [-0.3, -0.25) is 14.9 Å². The topological polar surface area (TPSA) is 72.2 Å². The van der Waals surface area contributed by atoms with Crippen LogP contribution in [0.25, 0.3) is 0 Å². The Kier molecular flexibility index (Phi) is 4.94. The Bertz CT molecular complexity index is 646. The summed E-state index contributed by atoms with van der Waals surface area (Å²) in [6, 6.07) is 15.5. The molecular formula is C15H14N2O3S. The summed E-state index contributed by atoms with van der Waals surface area (Å²) < 4.78 is 0. The van der Waals surface area contributed by atoms with E-state index in [1.807, 2.05) is 30.3 Å². The zero-order valence-corrected chi connectivity index (χ0v) is 12.2. The maximum absolute atomic E-state index is 12.1. The molecule has 0 heterocycles. The number of nitrogens with one attached hydrogen (secondary N) is 1. The van der Waals surface area contributed by atoms with Crippen molar-refractivity contribution < 1.29 is 9.72 Å². The molecule has 0 bridgehead atoms. The lowest BCUT2D eigenvalue weighted by Gasteiger charge is -2.11. The van der Waals surface area contributed by atoms with E-state index in [9.17, 15) is 14.9 Å². The first kappa shape index (κ1) is 15.1. The summed E-state index contributed by atoms with van der Waals surface area (Å²) in [6.07, 6.45) is 0. The van der Waals surface area contributed by atoms with Crippen LogP contribution < -0.4 is 5.32 Å². The Hall–Kier alpha value is -2.34. The van der Waals surface area contributed by atoms with Gasteiger partial charge in [0.1, 0.15) is 0 Å². The standard InChI is InChI=1S/C15H14N2O3S/c1-11(21-14-8-3-2-4-9-14)15(18)16-12-6-5-7-13(10-12)17(19)20/h2-11H,1H3,(H,16,18)/t11-/m0/s1. The second kappa shape index (κ2) is 6.90. The number of rotatable bonds is 5. The molecule has 0 saturated heterocycles. The van der Waals surface area contributed by atoms with Gasteiger partial charge in [0.25, 0.3) is 5.69 Å². The van der Waals surface area contributed by atoms with Crippen molar-refractivity contribution in [3.63, 3.8) is 0 Å². The van der Waals surface area contributed by atoms with Gasteiger partial charge in [-0.2, -0.15) is 0 Å². The monoisotopic (exact) mass is 302 g/mol. The predicted molar refractivity (Wildman–Crippen MR) is 83.5 cm³/mol. The summed E-state index contributed by atoms with van der Waals surface area (Å²) in [5.74, 6) is -0.190. The first-order valence-corrected chi connectivity index (χ1v) is 7.21. The Morgan fingerprint density at radius 1 is 1.19 bits per heavy atom. The molecule has 0 aliphatic carbocycles. The predicted octanol–water partition coefficient (Wildman–Crippen LogP) is 3.71. The molecule has 2 aromatic rings. The van der Waals surface area contributed by atoms with Gasteiger partial charge < -0.3 is 5.32 Å². The van der Waals surface area contributed by atoms with Crippen LogP contribution in [0.4, 0.5) is 11.4 Å². The van der Waals surface area contributed by atoms with Gasteiger partial charge >= 0.3 is 0 Å². The molecular weight excluding hydrogens is 288 g/mol. The number of hydrogen-bond donors (Lipinski definition) is 1.